The highest BCUT2D eigenvalue weighted by molar-refractivity contribution is 5.29. The van der Waals surface area contributed by atoms with Crippen LogP contribution >= 0.6 is 0 Å². The molecule has 2 heterocycles. The molecule has 0 radical (unpaired) electrons. The smallest absolute Gasteiger partial charge is 0.392 e. The van der Waals surface area contributed by atoms with Gasteiger partial charge in [0.15, 0.2) is 0 Å². The minimum atomic E-state index is -4.36. The maximum atomic E-state index is 12.9. The van der Waals surface area contributed by atoms with E-state index in [2.05, 4.69) is 9.97 Å². The molecule has 0 amide bonds. The summed E-state index contributed by atoms with van der Waals surface area (Å²) in [7, 11) is 0. The van der Waals surface area contributed by atoms with Crippen molar-refractivity contribution in [3.05, 3.63) is 53.6 Å². The molecule has 22 heavy (non-hydrogen) atoms. The Balaban J connectivity index is 1.85. The van der Waals surface area contributed by atoms with E-state index >= 15 is 0 Å². The topological polar surface area (TPSA) is 52.1 Å². The largest absolute Gasteiger partial charge is 0.416 e. The van der Waals surface area contributed by atoms with Crippen molar-refractivity contribution in [2.24, 2.45) is 0 Å². The summed E-state index contributed by atoms with van der Waals surface area (Å²) in [5.74, 6) is 0. The number of hydrogen-bond donors (Lipinski definition) is 2. The van der Waals surface area contributed by atoms with Gasteiger partial charge in [0.05, 0.1) is 18.0 Å². The molecule has 3 rings (SSSR count). The molecule has 2 atom stereocenters. The first-order chi connectivity index (χ1) is 10.4. The van der Waals surface area contributed by atoms with Crippen LogP contribution in [-0.4, -0.2) is 32.6 Å². The Morgan fingerprint density at radius 1 is 1.36 bits per heavy atom. The third-order valence-corrected chi connectivity index (χ3v) is 3.91. The molecule has 1 fully saturated rings. The van der Waals surface area contributed by atoms with Gasteiger partial charge in [0.1, 0.15) is 0 Å². The van der Waals surface area contributed by atoms with Crippen molar-refractivity contribution >= 4 is 0 Å². The Bertz CT molecular complexity index is 627. The second-order valence-corrected chi connectivity index (χ2v) is 5.53. The number of aliphatic hydroxyl groups excluding tert-OH is 1. The number of aliphatic hydroxyl groups is 1. The molecule has 2 N–H and O–H groups in total. The quantitative estimate of drug-likeness (QED) is 0.916. The fourth-order valence-electron chi connectivity index (χ4n) is 2.91. The van der Waals surface area contributed by atoms with Crippen LogP contribution < -0.4 is 0 Å². The van der Waals surface area contributed by atoms with Crippen molar-refractivity contribution in [2.75, 3.05) is 6.54 Å². The van der Waals surface area contributed by atoms with Crippen LogP contribution in [0.4, 0.5) is 13.2 Å². The third-order valence-electron chi connectivity index (χ3n) is 3.91. The van der Waals surface area contributed by atoms with Crippen LogP contribution in [-0.2, 0) is 12.7 Å². The monoisotopic (exact) mass is 311 g/mol. The molecule has 118 valence electrons. The Morgan fingerprint density at radius 2 is 2.18 bits per heavy atom. The van der Waals surface area contributed by atoms with Gasteiger partial charge in [-0.15, -0.1) is 0 Å². The van der Waals surface area contributed by atoms with Crippen molar-refractivity contribution in [1.82, 2.24) is 14.9 Å². The molecule has 7 heteroatoms. The van der Waals surface area contributed by atoms with E-state index in [1.165, 1.54) is 12.1 Å². The van der Waals surface area contributed by atoms with E-state index in [0.717, 1.165) is 11.8 Å². The Hall–Kier alpha value is -1.86. The van der Waals surface area contributed by atoms with Gasteiger partial charge < -0.3 is 10.1 Å². The highest BCUT2D eigenvalue weighted by atomic mass is 19.4. The van der Waals surface area contributed by atoms with Crippen LogP contribution in [0.2, 0.25) is 0 Å². The van der Waals surface area contributed by atoms with E-state index in [1.807, 2.05) is 4.90 Å². The Kier molecular flexibility index (Phi) is 3.92. The van der Waals surface area contributed by atoms with Crippen LogP contribution in [0.3, 0.4) is 0 Å². The molecule has 1 aliphatic rings. The number of nitrogens with one attached hydrogen (secondary N) is 1. The number of halogens is 3. The Labute approximate surface area is 125 Å². The number of rotatable bonds is 3. The van der Waals surface area contributed by atoms with Gasteiger partial charge in [0.25, 0.3) is 0 Å². The first-order valence-electron chi connectivity index (χ1n) is 7.00. The van der Waals surface area contributed by atoms with Gasteiger partial charge in [-0.3, -0.25) is 4.90 Å². The minimum absolute atomic E-state index is 0.236. The lowest BCUT2D eigenvalue weighted by Crippen LogP contribution is -2.24. The number of H-pyrrole nitrogens is 1. The molecule has 2 aromatic rings. The van der Waals surface area contributed by atoms with E-state index in [0.29, 0.717) is 25.1 Å². The van der Waals surface area contributed by atoms with Crippen LogP contribution in [0.25, 0.3) is 0 Å². The lowest BCUT2D eigenvalue weighted by molar-refractivity contribution is -0.137. The predicted octanol–water partition coefficient (Wildman–Crippen LogP) is 2.74. The van der Waals surface area contributed by atoms with Gasteiger partial charge in [0.2, 0.25) is 0 Å². The van der Waals surface area contributed by atoms with Crippen molar-refractivity contribution < 1.29 is 18.3 Å². The van der Waals surface area contributed by atoms with Crippen molar-refractivity contribution in [2.45, 2.75) is 31.3 Å². The zero-order valence-corrected chi connectivity index (χ0v) is 11.7. The second kappa shape index (κ2) is 5.73. The number of benzene rings is 1. The summed E-state index contributed by atoms with van der Waals surface area (Å²) in [5.41, 5.74) is 0.782. The maximum absolute atomic E-state index is 12.9. The van der Waals surface area contributed by atoms with Gasteiger partial charge in [-0.2, -0.15) is 13.2 Å². The Morgan fingerprint density at radius 3 is 2.86 bits per heavy atom. The fraction of sp³-hybridized carbons (Fsp3) is 0.400. The van der Waals surface area contributed by atoms with Gasteiger partial charge in [-0.05, 0) is 24.1 Å². The van der Waals surface area contributed by atoms with E-state index in [9.17, 15) is 18.3 Å². The zero-order chi connectivity index (χ0) is 15.7. The lowest BCUT2D eigenvalue weighted by Gasteiger charge is -2.24. The number of aromatic amines is 1. The number of imidazole rings is 1. The van der Waals surface area contributed by atoms with Crippen molar-refractivity contribution in [1.29, 1.82) is 0 Å². The van der Waals surface area contributed by atoms with Crippen LogP contribution in [0.5, 0.6) is 0 Å². The van der Waals surface area contributed by atoms with Crippen LogP contribution in [0, 0.1) is 0 Å². The number of aromatic nitrogens is 2. The molecular weight excluding hydrogens is 295 g/mol. The molecule has 0 spiro atoms. The average molecular weight is 311 g/mol. The molecule has 4 nitrogen and oxygen atoms in total. The van der Waals surface area contributed by atoms with Gasteiger partial charge in [-0.25, -0.2) is 4.98 Å². The first-order valence-corrected chi connectivity index (χ1v) is 7.00. The highest BCUT2D eigenvalue weighted by Gasteiger charge is 2.35. The zero-order valence-electron chi connectivity index (χ0n) is 11.7. The molecule has 0 saturated carbocycles. The summed E-state index contributed by atoms with van der Waals surface area (Å²) in [4.78, 5) is 8.87. The van der Waals surface area contributed by atoms with E-state index < -0.39 is 17.8 Å². The molecular formula is C15H16F3N3O. The van der Waals surface area contributed by atoms with Crippen LogP contribution in [0.15, 0.2) is 36.8 Å². The summed E-state index contributed by atoms with van der Waals surface area (Å²) in [6.07, 6.45) is -1.24. The van der Waals surface area contributed by atoms with E-state index in [4.69, 9.17) is 0 Å². The van der Waals surface area contributed by atoms with E-state index in [-0.39, 0.29) is 6.04 Å². The summed E-state index contributed by atoms with van der Waals surface area (Å²) >= 11 is 0. The minimum Gasteiger partial charge on any atom is -0.392 e. The summed E-state index contributed by atoms with van der Waals surface area (Å²) < 4.78 is 38.6. The highest BCUT2D eigenvalue weighted by Crippen LogP contribution is 2.36. The van der Waals surface area contributed by atoms with Gasteiger partial charge in [0, 0.05) is 31.0 Å². The number of hydrogen-bond acceptors (Lipinski definition) is 3. The van der Waals surface area contributed by atoms with Crippen molar-refractivity contribution in [3.8, 4) is 0 Å². The summed E-state index contributed by atoms with van der Waals surface area (Å²) in [5, 5.41) is 9.90. The number of likely N-dealkylation sites (tertiary alicyclic amines) is 1. The average Bonchev–Trinajstić information content (AvgIpc) is 3.08. The normalized spacial score (nSPS) is 23.1. The molecule has 1 aromatic carbocycles. The fourth-order valence-corrected chi connectivity index (χ4v) is 2.91. The molecule has 2 unspecified atom stereocenters. The molecule has 1 saturated heterocycles. The SMILES string of the molecule is OC1CC(c2cccc(C(F)(F)F)c2)N(Cc2cnc[nH]2)C1. The molecule has 1 aliphatic heterocycles. The van der Waals surface area contributed by atoms with Gasteiger partial charge >= 0.3 is 6.18 Å². The molecule has 0 aliphatic carbocycles. The number of alkyl halides is 3. The second-order valence-electron chi connectivity index (χ2n) is 5.53. The number of nitrogens with zero attached hydrogens (tertiary/aromatic N) is 2. The third kappa shape index (κ3) is 3.15. The van der Waals surface area contributed by atoms with E-state index in [1.54, 1.807) is 18.6 Å². The van der Waals surface area contributed by atoms with Gasteiger partial charge in [-0.1, -0.05) is 12.1 Å². The number of β-amino-alcohol motifs (C(OH)–C–C–N with tert-alkyl or cyclic N) is 1. The molecule has 0 bridgehead atoms. The first kappa shape index (κ1) is 15.1. The lowest BCUT2D eigenvalue weighted by atomic mass is 10.0. The van der Waals surface area contributed by atoms with Crippen LogP contribution in [0.1, 0.15) is 29.3 Å². The molecule has 1 aromatic heterocycles. The van der Waals surface area contributed by atoms with Crippen molar-refractivity contribution in [3.63, 3.8) is 0 Å². The summed E-state index contributed by atoms with van der Waals surface area (Å²) in [6.45, 7) is 0.942. The summed E-state index contributed by atoms with van der Waals surface area (Å²) in [6, 6.07) is 5.09. The predicted molar refractivity (Wildman–Crippen MR) is 73.8 cm³/mol. The standard InChI is InChI=1S/C15H16F3N3O/c16-15(17,18)11-3-1-2-10(4-11)14-5-13(22)8-21(14)7-12-6-19-9-20-12/h1-4,6,9,13-14,22H,5,7-8H2,(H,19,20). The maximum Gasteiger partial charge on any atom is 0.416 e.